The zero-order valence-corrected chi connectivity index (χ0v) is 17.9. The number of halogens is 1. The molecule has 2 aliphatic heterocycles. The summed E-state index contributed by atoms with van der Waals surface area (Å²) in [5.74, 6) is 0.537. The Bertz CT molecular complexity index is 504. The molecule has 0 bridgehead atoms. The maximum atomic E-state index is 11.9. The molecule has 1 unspecified atom stereocenters. The predicted octanol–water partition coefficient (Wildman–Crippen LogP) is -0.161. The number of carbonyl (C=O) groups is 2. The minimum atomic E-state index is -0.0636. The van der Waals surface area contributed by atoms with Crippen LogP contribution in [0.25, 0.3) is 0 Å². The molecule has 2 saturated heterocycles. The van der Waals surface area contributed by atoms with E-state index in [1.54, 1.807) is 28.2 Å². The first-order valence-electron chi connectivity index (χ1n) is 8.34. The van der Waals surface area contributed by atoms with Gasteiger partial charge in [-0.25, -0.2) is 4.99 Å². The van der Waals surface area contributed by atoms with Gasteiger partial charge in [-0.05, 0) is 12.8 Å². The third-order valence-corrected chi connectivity index (χ3v) is 4.68. The Labute approximate surface area is 167 Å². The number of hydrogen-bond acceptors (Lipinski definition) is 4. The highest BCUT2D eigenvalue weighted by Gasteiger charge is 2.42. The van der Waals surface area contributed by atoms with E-state index in [0.717, 1.165) is 39.1 Å². The van der Waals surface area contributed by atoms with Crippen LogP contribution in [0.1, 0.15) is 12.8 Å². The standard InChI is InChI=1S/C16H29N5O3.HI/c1-19(2)13(22)9-17-15(18-10-14(23)20(3)4)21-7-5-16(11-21)6-8-24-12-16;/h5-12H2,1-4H3,(H,17,18);1H. The second kappa shape index (κ2) is 9.56. The van der Waals surface area contributed by atoms with Crippen LogP contribution in [0.2, 0.25) is 0 Å². The molecule has 1 spiro atoms. The number of carbonyl (C=O) groups excluding carboxylic acids is 2. The average molecular weight is 467 g/mol. The van der Waals surface area contributed by atoms with Crippen molar-refractivity contribution in [3.8, 4) is 0 Å². The number of hydrogen-bond donors (Lipinski definition) is 1. The van der Waals surface area contributed by atoms with Gasteiger partial charge < -0.3 is 24.8 Å². The maximum absolute atomic E-state index is 11.9. The maximum Gasteiger partial charge on any atom is 0.243 e. The van der Waals surface area contributed by atoms with Crippen LogP contribution in [0.5, 0.6) is 0 Å². The zero-order chi connectivity index (χ0) is 17.7. The molecule has 0 aromatic carbocycles. The van der Waals surface area contributed by atoms with Crippen molar-refractivity contribution in [3.05, 3.63) is 0 Å². The minimum Gasteiger partial charge on any atom is -0.381 e. The number of likely N-dealkylation sites (N-methyl/N-ethyl adjacent to an activating group) is 2. The average Bonchev–Trinajstić information content (AvgIpc) is 3.17. The molecule has 2 rings (SSSR count). The van der Waals surface area contributed by atoms with Crippen molar-refractivity contribution in [2.45, 2.75) is 12.8 Å². The van der Waals surface area contributed by atoms with Gasteiger partial charge in [-0.1, -0.05) is 0 Å². The SMILES string of the molecule is CN(C)C(=O)CN=C(NCC(=O)N(C)C)N1CCC2(CCOC2)C1.I. The Balaban J connectivity index is 0.00000312. The number of amides is 2. The van der Waals surface area contributed by atoms with Gasteiger partial charge in [-0.3, -0.25) is 9.59 Å². The lowest BCUT2D eigenvalue weighted by molar-refractivity contribution is -0.127. The Morgan fingerprint density at radius 2 is 1.84 bits per heavy atom. The number of ether oxygens (including phenoxy) is 1. The van der Waals surface area contributed by atoms with Gasteiger partial charge >= 0.3 is 0 Å². The fourth-order valence-corrected chi connectivity index (χ4v) is 2.95. The highest BCUT2D eigenvalue weighted by atomic mass is 127. The Kier molecular flexibility index (Phi) is 8.39. The molecule has 1 N–H and O–H groups in total. The topological polar surface area (TPSA) is 77.5 Å². The number of guanidine groups is 1. The minimum absolute atomic E-state index is 0. The molecule has 2 aliphatic rings. The molecule has 0 radical (unpaired) electrons. The summed E-state index contributed by atoms with van der Waals surface area (Å²) in [4.78, 5) is 33.3. The fourth-order valence-electron chi connectivity index (χ4n) is 2.95. The molecule has 0 saturated carbocycles. The summed E-state index contributed by atoms with van der Waals surface area (Å²) in [6.07, 6.45) is 2.11. The summed E-state index contributed by atoms with van der Waals surface area (Å²) in [6, 6.07) is 0. The lowest BCUT2D eigenvalue weighted by Crippen LogP contribution is -2.45. The van der Waals surface area contributed by atoms with E-state index in [4.69, 9.17) is 4.74 Å². The zero-order valence-electron chi connectivity index (χ0n) is 15.6. The van der Waals surface area contributed by atoms with Gasteiger partial charge in [0.1, 0.15) is 6.54 Å². The van der Waals surface area contributed by atoms with Crippen LogP contribution in [0.4, 0.5) is 0 Å². The van der Waals surface area contributed by atoms with E-state index in [1.807, 2.05) is 0 Å². The van der Waals surface area contributed by atoms with E-state index in [-0.39, 0.29) is 54.3 Å². The van der Waals surface area contributed by atoms with Crippen LogP contribution < -0.4 is 5.32 Å². The molecular weight excluding hydrogens is 437 g/mol. The monoisotopic (exact) mass is 467 g/mol. The molecule has 0 aromatic heterocycles. The van der Waals surface area contributed by atoms with Crippen LogP contribution in [0.3, 0.4) is 0 Å². The third kappa shape index (κ3) is 5.98. The van der Waals surface area contributed by atoms with E-state index >= 15 is 0 Å². The third-order valence-electron chi connectivity index (χ3n) is 4.68. The van der Waals surface area contributed by atoms with Gasteiger partial charge in [-0.2, -0.15) is 0 Å². The summed E-state index contributed by atoms with van der Waals surface area (Å²) >= 11 is 0. The van der Waals surface area contributed by atoms with Gasteiger partial charge in [0.15, 0.2) is 5.96 Å². The van der Waals surface area contributed by atoms with Crippen LogP contribution in [-0.2, 0) is 14.3 Å². The Hall–Kier alpha value is -1.10. The van der Waals surface area contributed by atoms with E-state index in [9.17, 15) is 9.59 Å². The quantitative estimate of drug-likeness (QED) is 0.353. The Morgan fingerprint density at radius 1 is 1.16 bits per heavy atom. The van der Waals surface area contributed by atoms with Crippen molar-refractivity contribution in [3.63, 3.8) is 0 Å². The molecule has 2 amide bonds. The normalized spacial score (nSPS) is 22.7. The fraction of sp³-hybridized carbons (Fsp3) is 0.812. The highest BCUT2D eigenvalue weighted by molar-refractivity contribution is 14.0. The van der Waals surface area contributed by atoms with Crippen LogP contribution in [0.15, 0.2) is 4.99 Å². The highest BCUT2D eigenvalue weighted by Crippen LogP contribution is 2.38. The number of rotatable bonds is 4. The van der Waals surface area contributed by atoms with Crippen molar-refractivity contribution in [2.24, 2.45) is 10.4 Å². The van der Waals surface area contributed by atoms with Gasteiger partial charge in [0.05, 0.1) is 13.2 Å². The molecule has 8 nitrogen and oxygen atoms in total. The first-order chi connectivity index (χ1) is 11.3. The van der Waals surface area contributed by atoms with Gasteiger partial charge in [0, 0.05) is 53.3 Å². The van der Waals surface area contributed by atoms with Crippen LogP contribution in [-0.4, -0.2) is 100 Å². The van der Waals surface area contributed by atoms with Crippen molar-refractivity contribution >= 4 is 41.8 Å². The molecule has 0 aromatic rings. The molecule has 9 heteroatoms. The number of nitrogens with one attached hydrogen (secondary N) is 1. The molecule has 2 fully saturated rings. The van der Waals surface area contributed by atoms with Crippen molar-refractivity contribution < 1.29 is 14.3 Å². The van der Waals surface area contributed by atoms with E-state index < -0.39 is 0 Å². The van der Waals surface area contributed by atoms with Crippen molar-refractivity contribution in [1.82, 2.24) is 20.0 Å². The molecular formula is C16H30IN5O3. The van der Waals surface area contributed by atoms with E-state index in [0.29, 0.717) is 5.96 Å². The summed E-state index contributed by atoms with van der Waals surface area (Å²) in [5.41, 5.74) is 0.194. The second-order valence-corrected chi connectivity index (χ2v) is 7.04. The van der Waals surface area contributed by atoms with Gasteiger partial charge in [0.25, 0.3) is 0 Å². The summed E-state index contributed by atoms with van der Waals surface area (Å²) < 4.78 is 5.56. The van der Waals surface area contributed by atoms with Crippen LogP contribution in [0, 0.1) is 5.41 Å². The van der Waals surface area contributed by atoms with E-state index in [1.165, 1.54) is 9.80 Å². The number of aliphatic imine (C=N–C) groups is 1. The summed E-state index contributed by atoms with van der Waals surface area (Å²) in [7, 11) is 6.86. The molecule has 1 atom stereocenters. The molecule has 144 valence electrons. The summed E-state index contributed by atoms with van der Waals surface area (Å²) in [5, 5.41) is 3.12. The first kappa shape index (κ1) is 21.9. The molecule has 2 heterocycles. The first-order valence-corrected chi connectivity index (χ1v) is 8.34. The lowest BCUT2D eigenvalue weighted by Gasteiger charge is -2.25. The molecule has 0 aliphatic carbocycles. The lowest BCUT2D eigenvalue weighted by atomic mass is 9.87. The van der Waals surface area contributed by atoms with Gasteiger partial charge in [-0.15, -0.1) is 24.0 Å². The smallest absolute Gasteiger partial charge is 0.243 e. The summed E-state index contributed by atoms with van der Waals surface area (Å²) in [6.45, 7) is 3.55. The predicted molar refractivity (Wildman–Crippen MR) is 107 cm³/mol. The molecule has 25 heavy (non-hydrogen) atoms. The van der Waals surface area contributed by atoms with Crippen molar-refractivity contribution in [1.29, 1.82) is 0 Å². The second-order valence-electron chi connectivity index (χ2n) is 7.04. The van der Waals surface area contributed by atoms with Crippen LogP contribution >= 0.6 is 24.0 Å². The number of nitrogens with zero attached hydrogens (tertiary/aromatic N) is 4. The van der Waals surface area contributed by atoms with Crippen molar-refractivity contribution in [2.75, 3.05) is 67.6 Å². The largest absolute Gasteiger partial charge is 0.381 e. The van der Waals surface area contributed by atoms with Gasteiger partial charge in [0.2, 0.25) is 11.8 Å². The number of likely N-dealkylation sites (tertiary alicyclic amines) is 1. The Morgan fingerprint density at radius 3 is 2.40 bits per heavy atom. The van der Waals surface area contributed by atoms with E-state index in [2.05, 4.69) is 15.2 Å².